The van der Waals surface area contributed by atoms with Gasteiger partial charge in [-0.3, -0.25) is 10.9 Å². The number of rotatable bonds is 1. The number of hydrazine groups is 1. The highest BCUT2D eigenvalue weighted by molar-refractivity contribution is 6.30. The Morgan fingerprint density at radius 2 is 1.82 bits per heavy atom. The third kappa shape index (κ3) is 2.34. The monoisotopic (exact) mass is 330 g/mol. The molecule has 0 radical (unpaired) electrons. The fourth-order valence-electron chi connectivity index (χ4n) is 4.79. The van der Waals surface area contributed by atoms with Gasteiger partial charge in [-0.15, -0.1) is 0 Å². The Bertz CT molecular complexity index is 589. The molecule has 0 aromatic heterocycles. The number of nitrogens with one attached hydrogen (secondary N) is 2. The van der Waals surface area contributed by atoms with Crippen molar-refractivity contribution in [3.63, 3.8) is 0 Å². The zero-order chi connectivity index (χ0) is 15.5. The van der Waals surface area contributed by atoms with E-state index in [1.165, 1.54) is 31.4 Å². The standard InChI is InChI=1S/C16H18ClF3N2/c17-10-3-4-13(16(18,19)20)12(6-10)14-7-11-8-1-2-9(5-8)15(11)22-21-14/h3-4,6,8-9,11,14-15,21-22H,1-2,5,7H2. The van der Waals surface area contributed by atoms with Crippen molar-refractivity contribution in [3.8, 4) is 0 Å². The third-order valence-corrected chi connectivity index (χ3v) is 5.95. The third-order valence-electron chi connectivity index (χ3n) is 5.71. The molecule has 0 spiro atoms. The maximum atomic E-state index is 13.3. The molecule has 2 N–H and O–H groups in total. The molecule has 2 saturated carbocycles. The molecule has 22 heavy (non-hydrogen) atoms. The normalized spacial score (nSPS) is 37.4. The summed E-state index contributed by atoms with van der Waals surface area (Å²) in [5.41, 5.74) is 6.09. The van der Waals surface area contributed by atoms with Gasteiger partial charge in [0.05, 0.1) is 5.56 Å². The van der Waals surface area contributed by atoms with Crippen molar-refractivity contribution in [2.45, 2.75) is 43.9 Å². The van der Waals surface area contributed by atoms with E-state index >= 15 is 0 Å². The molecular formula is C16H18ClF3N2. The topological polar surface area (TPSA) is 24.1 Å². The van der Waals surface area contributed by atoms with E-state index in [4.69, 9.17) is 11.6 Å². The van der Waals surface area contributed by atoms with Crippen molar-refractivity contribution in [2.75, 3.05) is 0 Å². The summed E-state index contributed by atoms with van der Waals surface area (Å²) in [6.45, 7) is 0. The van der Waals surface area contributed by atoms with E-state index in [9.17, 15) is 13.2 Å². The highest BCUT2D eigenvalue weighted by Crippen LogP contribution is 2.52. The largest absolute Gasteiger partial charge is 0.416 e. The number of benzene rings is 1. The Morgan fingerprint density at radius 3 is 2.59 bits per heavy atom. The fraction of sp³-hybridized carbons (Fsp3) is 0.625. The van der Waals surface area contributed by atoms with Crippen molar-refractivity contribution in [2.24, 2.45) is 17.8 Å². The average Bonchev–Trinajstić information content (AvgIpc) is 3.07. The number of alkyl halides is 3. The molecule has 2 aliphatic carbocycles. The predicted molar refractivity (Wildman–Crippen MR) is 78.2 cm³/mol. The van der Waals surface area contributed by atoms with E-state index in [1.807, 2.05) is 0 Å². The van der Waals surface area contributed by atoms with Crippen LogP contribution in [0.1, 0.15) is 42.9 Å². The summed E-state index contributed by atoms with van der Waals surface area (Å²) in [6, 6.07) is 3.94. The van der Waals surface area contributed by atoms with E-state index in [1.54, 1.807) is 0 Å². The lowest BCUT2D eigenvalue weighted by atomic mass is 9.78. The van der Waals surface area contributed by atoms with Gasteiger partial charge in [0, 0.05) is 17.1 Å². The van der Waals surface area contributed by atoms with Crippen LogP contribution in [0.25, 0.3) is 0 Å². The van der Waals surface area contributed by atoms with Crippen molar-refractivity contribution in [1.29, 1.82) is 0 Å². The Balaban J connectivity index is 1.64. The average molecular weight is 331 g/mol. The minimum Gasteiger partial charge on any atom is -0.254 e. The lowest BCUT2D eigenvalue weighted by Crippen LogP contribution is -2.54. The molecule has 0 amide bonds. The first kappa shape index (κ1) is 14.8. The minimum absolute atomic E-state index is 0.258. The summed E-state index contributed by atoms with van der Waals surface area (Å²) in [5, 5.41) is 0.347. The molecule has 1 aromatic rings. The molecule has 3 aliphatic rings. The first-order valence-corrected chi connectivity index (χ1v) is 8.19. The van der Waals surface area contributed by atoms with Crippen molar-refractivity contribution in [1.82, 2.24) is 10.9 Å². The van der Waals surface area contributed by atoms with Crippen LogP contribution in [0.2, 0.25) is 5.02 Å². The van der Waals surface area contributed by atoms with E-state index in [0.29, 0.717) is 28.8 Å². The van der Waals surface area contributed by atoms with Gasteiger partial charge in [-0.05, 0) is 67.2 Å². The molecule has 6 heteroatoms. The first-order valence-electron chi connectivity index (χ1n) is 7.81. The summed E-state index contributed by atoms with van der Waals surface area (Å²) in [4.78, 5) is 0. The van der Waals surface area contributed by atoms with Crippen LogP contribution >= 0.6 is 11.6 Å². The SMILES string of the molecule is FC(F)(F)c1ccc(Cl)cc1C1CC2C3CCC(C3)C2NN1. The van der Waals surface area contributed by atoms with Gasteiger partial charge >= 0.3 is 6.18 Å². The predicted octanol–water partition coefficient (Wildman–Crippen LogP) is 4.31. The second-order valence-corrected chi connectivity index (χ2v) is 7.27. The Labute approximate surface area is 132 Å². The molecule has 1 aromatic carbocycles. The zero-order valence-corrected chi connectivity index (χ0v) is 12.7. The van der Waals surface area contributed by atoms with Crippen LogP contribution in [-0.2, 0) is 6.18 Å². The van der Waals surface area contributed by atoms with Gasteiger partial charge in [-0.25, -0.2) is 0 Å². The zero-order valence-electron chi connectivity index (χ0n) is 12.0. The Kier molecular flexibility index (Phi) is 3.44. The van der Waals surface area contributed by atoms with Gasteiger partial charge in [0.25, 0.3) is 0 Å². The van der Waals surface area contributed by atoms with Crippen LogP contribution < -0.4 is 10.9 Å². The van der Waals surface area contributed by atoms with Crippen LogP contribution in [0.3, 0.4) is 0 Å². The number of fused-ring (bicyclic) bond motifs is 5. The summed E-state index contributed by atoms with van der Waals surface area (Å²) in [5.74, 6) is 1.83. The highest BCUT2D eigenvalue weighted by Gasteiger charge is 2.50. The summed E-state index contributed by atoms with van der Waals surface area (Å²) in [6.07, 6.45) is 0.0891. The molecule has 5 atom stereocenters. The van der Waals surface area contributed by atoms with Crippen LogP contribution in [-0.4, -0.2) is 6.04 Å². The number of hydrogen-bond acceptors (Lipinski definition) is 2. The van der Waals surface area contributed by atoms with Crippen LogP contribution in [0.5, 0.6) is 0 Å². The van der Waals surface area contributed by atoms with E-state index in [2.05, 4.69) is 10.9 Å². The fourth-order valence-corrected chi connectivity index (χ4v) is 4.97. The molecule has 1 aliphatic heterocycles. The molecular weight excluding hydrogens is 313 g/mol. The van der Waals surface area contributed by atoms with Crippen LogP contribution in [0, 0.1) is 17.8 Å². The van der Waals surface area contributed by atoms with Crippen molar-refractivity contribution >= 4 is 11.6 Å². The minimum atomic E-state index is -4.35. The van der Waals surface area contributed by atoms with Gasteiger partial charge in [0.15, 0.2) is 0 Å². The van der Waals surface area contributed by atoms with Gasteiger partial charge in [0.1, 0.15) is 0 Å². The molecule has 4 rings (SSSR count). The lowest BCUT2D eigenvalue weighted by Gasteiger charge is -2.41. The maximum absolute atomic E-state index is 13.3. The summed E-state index contributed by atoms with van der Waals surface area (Å²) < 4.78 is 39.8. The van der Waals surface area contributed by atoms with Gasteiger partial charge in [-0.1, -0.05) is 11.6 Å². The van der Waals surface area contributed by atoms with Crippen LogP contribution in [0.15, 0.2) is 18.2 Å². The van der Waals surface area contributed by atoms with E-state index < -0.39 is 11.7 Å². The molecule has 3 fully saturated rings. The van der Waals surface area contributed by atoms with Gasteiger partial charge in [0.2, 0.25) is 0 Å². The Morgan fingerprint density at radius 1 is 1.05 bits per heavy atom. The second-order valence-electron chi connectivity index (χ2n) is 6.83. The summed E-state index contributed by atoms with van der Waals surface area (Å²) >= 11 is 5.94. The van der Waals surface area contributed by atoms with E-state index in [-0.39, 0.29) is 11.6 Å². The number of hydrogen-bond donors (Lipinski definition) is 2. The van der Waals surface area contributed by atoms with E-state index in [0.717, 1.165) is 12.5 Å². The smallest absolute Gasteiger partial charge is 0.254 e. The van der Waals surface area contributed by atoms with Gasteiger partial charge < -0.3 is 0 Å². The van der Waals surface area contributed by atoms with Crippen LogP contribution in [0.4, 0.5) is 13.2 Å². The van der Waals surface area contributed by atoms with Crippen molar-refractivity contribution in [3.05, 3.63) is 34.3 Å². The molecule has 5 unspecified atom stereocenters. The maximum Gasteiger partial charge on any atom is 0.416 e. The Hall–Kier alpha value is -0.780. The lowest BCUT2D eigenvalue weighted by molar-refractivity contribution is -0.138. The number of halogens is 4. The summed E-state index contributed by atoms with van der Waals surface area (Å²) in [7, 11) is 0. The molecule has 1 heterocycles. The highest BCUT2D eigenvalue weighted by atomic mass is 35.5. The van der Waals surface area contributed by atoms with Crippen molar-refractivity contribution < 1.29 is 13.2 Å². The second kappa shape index (κ2) is 5.11. The quantitative estimate of drug-likeness (QED) is 0.801. The molecule has 1 saturated heterocycles. The molecule has 120 valence electrons. The molecule has 2 nitrogen and oxygen atoms in total. The van der Waals surface area contributed by atoms with Gasteiger partial charge in [-0.2, -0.15) is 13.2 Å². The molecule has 2 bridgehead atoms. The first-order chi connectivity index (χ1) is 10.4.